The van der Waals surface area contributed by atoms with Gasteiger partial charge in [0.1, 0.15) is 0 Å². The number of morpholine rings is 1. The Labute approximate surface area is 156 Å². The third-order valence-corrected chi connectivity index (χ3v) is 3.91. The summed E-state index contributed by atoms with van der Waals surface area (Å²) in [5, 5.41) is 10.7. The topological polar surface area (TPSA) is 89.3 Å². The van der Waals surface area contributed by atoms with Crippen molar-refractivity contribution in [2.45, 2.75) is 18.9 Å². The van der Waals surface area contributed by atoms with Gasteiger partial charge < -0.3 is 19.9 Å². The molecule has 25 heavy (non-hydrogen) atoms. The summed E-state index contributed by atoms with van der Waals surface area (Å²) in [5.74, 6) is 0.978. The molecule has 0 aliphatic carbocycles. The molecule has 1 fully saturated rings. The fourth-order valence-corrected chi connectivity index (χ4v) is 2.55. The molecule has 1 aliphatic rings. The molecule has 2 N–H and O–H groups in total. The summed E-state index contributed by atoms with van der Waals surface area (Å²) >= 11 is 5.86. The van der Waals surface area contributed by atoms with Gasteiger partial charge in [0.25, 0.3) is 0 Å². The van der Waals surface area contributed by atoms with E-state index >= 15 is 0 Å². The Morgan fingerprint density at radius 1 is 1.36 bits per heavy atom. The molecule has 0 spiro atoms. The molecule has 1 amide bonds. The molecule has 1 unspecified atom stereocenters. The van der Waals surface area contributed by atoms with E-state index in [0.29, 0.717) is 49.3 Å². The number of amides is 1. The summed E-state index contributed by atoms with van der Waals surface area (Å²) in [4.78, 5) is 16.2. The first-order valence-electron chi connectivity index (χ1n) is 7.87. The van der Waals surface area contributed by atoms with E-state index in [-0.39, 0.29) is 24.4 Å². The van der Waals surface area contributed by atoms with Crippen LogP contribution in [0.2, 0.25) is 5.02 Å². The molecule has 9 heteroatoms. The zero-order valence-corrected chi connectivity index (χ0v) is 15.1. The molecule has 0 bridgehead atoms. The van der Waals surface area contributed by atoms with Crippen molar-refractivity contribution in [3.63, 3.8) is 0 Å². The molecule has 136 valence electrons. The number of hydrogen-bond acceptors (Lipinski definition) is 6. The van der Waals surface area contributed by atoms with Gasteiger partial charge in [-0.05, 0) is 24.3 Å². The summed E-state index contributed by atoms with van der Waals surface area (Å²) < 4.78 is 10.5. The molecular formula is C16H20Cl2N4O3. The highest BCUT2D eigenvalue weighted by molar-refractivity contribution is 6.30. The first-order chi connectivity index (χ1) is 11.7. The van der Waals surface area contributed by atoms with Gasteiger partial charge in [-0.3, -0.25) is 4.79 Å². The van der Waals surface area contributed by atoms with E-state index in [9.17, 15) is 4.79 Å². The normalized spacial score (nSPS) is 16.9. The standard InChI is InChI=1S/C16H19ClN4O3.ClH/c17-12-3-1-11(2-4-12)16-20-15(24-21-16)5-6-19-14(22)9-13-10-23-8-7-18-13;/h1-4,13,18H,5-10H2,(H,19,22);1H. The Morgan fingerprint density at radius 2 is 2.16 bits per heavy atom. The Morgan fingerprint density at radius 3 is 2.88 bits per heavy atom. The number of nitrogens with one attached hydrogen (secondary N) is 2. The van der Waals surface area contributed by atoms with E-state index < -0.39 is 0 Å². The summed E-state index contributed by atoms with van der Waals surface area (Å²) in [5.41, 5.74) is 0.835. The van der Waals surface area contributed by atoms with Crippen LogP contribution in [0.25, 0.3) is 11.4 Å². The molecule has 2 aromatic rings. The lowest BCUT2D eigenvalue weighted by Crippen LogP contribution is -2.44. The number of nitrogens with zero attached hydrogens (tertiary/aromatic N) is 2. The highest BCUT2D eigenvalue weighted by atomic mass is 35.5. The Hall–Kier alpha value is -1.67. The van der Waals surface area contributed by atoms with Crippen LogP contribution in [-0.2, 0) is 16.0 Å². The van der Waals surface area contributed by atoms with Crippen molar-refractivity contribution in [2.24, 2.45) is 0 Å². The van der Waals surface area contributed by atoms with Crippen molar-refractivity contribution < 1.29 is 14.1 Å². The second-order valence-corrected chi connectivity index (χ2v) is 5.99. The molecule has 1 aromatic heterocycles. The van der Waals surface area contributed by atoms with Gasteiger partial charge in [0, 0.05) is 42.6 Å². The number of rotatable bonds is 6. The van der Waals surface area contributed by atoms with Crippen LogP contribution >= 0.6 is 24.0 Å². The van der Waals surface area contributed by atoms with Crippen LogP contribution < -0.4 is 10.6 Å². The van der Waals surface area contributed by atoms with E-state index in [1.165, 1.54) is 0 Å². The molecule has 1 aliphatic heterocycles. The maximum atomic E-state index is 11.9. The van der Waals surface area contributed by atoms with Gasteiger partial charge in [0.05, 0.1) is 13.2 Å². The predicted octanol–water partition coefficient (Wildman–Crippen LogP) is 1.85. The van der Waals surface area contributed by atoms with Gasteiger partial charge in [-0.25, -0.2) is 0 Å². The van der Waals surface area contributed by atoms with Gasteiger partial charge in [-0.15, -0.1) is 12.4 Å². The van der Waals surface area contributed by atoms with Crippen molar-refractivity contribution in [1.82, 2.24) is 20.8 Å². The van der Waals surface area contributed by atoms with E-state index in [4.69, 9.17) is 20.9 Å². The van der Waals surface area contributed by atoms with Gasteiger partial charge in [-0.2, -0.15) is 4.98 Å². The number of carbonyl (C=O) groups excluding carboxylic acids is 1. The number of ether oxygens (including phenoxy) is 1. The fourth-order valence-electron chi connectivity index (χ4n) is 2.43. The van der Waals surface area contributed by atoms with E-state index in [2.05, 4.69) is 20.8 Å². The maximum absolute atomic E-state index is 11.9. The van der Waals surface area contributed by atoms with Crippen LogP contribution in [0.4, 0.5) is 0 Å². The van der Waals surface area contributed by atoms with Gasteiger partial charge in [-0.1, -0.05) is 16.8 Å². The molecular weight excluding hydrogens is 367 g/mol. The first-order valence-corrected chi connectivity index (χ1v) is 8.25. The minimum atomic E-state index is -0.0181. The number of hydrogen-bond donors (Lipinski definition) is 2. The van der Waals surface area contributed by atoms with Crippen molar-refractivity contribution >= 4 is 29.9 Å². The Bertz CT molecular complexity index is 672. The average molecular weight is 387 g/mol. The minimum absolute atomic E-state index is 0. The minimum Gasteiger partial charge on any atom is -0.378 e. The van der Waals surface area contributed by atoms with Gasteiger partial charge in [0.15, 0.2) is 0 Å². The summed E-state index contributed by atoms with van der Waals surface area (Å²) in [6, 6.07) is 7.29. The second kappa shape index (κ2) is 9.72. The van der Waals surface area contributed by atoms with Crippen LogP contribution in [0.15, 0.2) is 28.8 Å². The molecule has 1 aromatic carbocycles. The molecule has 2 heterocycles. The first kappa shape index (κ1) is 19.7. The lowest BCUT2D eigenvalue weighted by molar-refractivity contribution is -0.122. The van der Waals surface area contributed by atoms with Crippen molar-refractivity contribution in [3.05, 3.63) is 35.2 Å². The SMILES string of the molecule is Cl.O=C(CC1COCCN1)NCCc1nc(-c2ccc(Cl)cc2)no1. The van der Waals surface area contributed by atoms with Crippen molar-refractivity contribution in [3.8, 4) is 11.4 Å². The molecule has 0 saturated carbocycles. The predicted molar refractivity (Wildman–Crippen MR) is 95.9 cm³/mol. The third-order valence-electron chi connectivity index (χ3n) is 3.66. The lowest BCUT2D eigenvalue weighted by atomic mass is 10.2. The molecule has 0 radical (unpaired) electrons. The average Bonchev–Trinajstić information content (AvgIpc) is 3.05. The summed E-state index contributed by atoms with van der Waals surface area (Å²) in [6.45, 7) is 2.51. The van der Waals surface area contributed by atoms with Crippen LogP contribution in [0, 0.1) is 0 Å². The largest absolute Gasteiger partial charge is 0.378 e. The number of benzene rings is 1. The fraction of sp³-hybridized carbons (Fsp3) is 0.438. The van der Waals surface area contributed by atoms with Crippen LogP contribution in [-0.4, -0.2) is 48.4 Å². The monoisotopic (exact) mass is 386 g/mol. The van der Waals surface area contributed by atoms with E-state index in [0.717, 1.165) is 12.1 Å². The molecule has 1 atom stereocenters. The lowest BCUT2D eigenvalue weighted by Gasteiger charge is -2.23. The van der Waals surface area contributed by atoms with Crippen molar-refractivity contribution in [1.29, 1.82) is 0 Å². The zero-order valence-electron chi connectivity index (χ0n) is 13.5. The molecule has 7 nitrogen and oxygen atoms in total. The molecule has 3 rings (SSSR count). The van der Waals surface area contributed by atoms with Crippen molar-refractivity contribution in [2.75, 3.05) is 26.3 Å². The quantitative estimate of drug-likeness (QED) is 0.787. The number of carbonyl (C=O) groups is 1. The van der Waals surface area contributed by atoms with Gasteiger partial charge in [0.2, 0.25) is 17.6 Å². The van der Waals surface area contributed by atoms with E-state index in [1.807, 2.05) is 12.1 Å². The smallest absolute Gasteiger partial charge is 0.228 e. The maximum Gasteiger partial charge on any atom is 0.228 e. The van der Waals surface area contributed by atoms with Crippen LogP contribution in [0.3, 0.4) is 0 Å². The highest BCUT2D eigenvalue weighted by Gasteiger charge is 2.16. The second-order valence-electron chi connectivity index (χ2n) is 5.55. The van der Waals surface area contributed by atoms with Crippen LogP contribution in [0.1, 0.15) is 12.3 Å². The van der Waals surface area contributed by atoms with Crippen LogP contribution in [0.5, 0.6) is 0 Å². The summed E-state index contributed by atoms with van der Waals surface area (Å²) in [7, 11) is 0. The number of halogens is 2. The van der Waals surface area contributed by atoms with E-state index in [1.54, 1.807) is 12.1 Å². The Balaban J connectivity index is 0.00000225. The summed E-state index contributed by atoms with van der Waals surface area (Å²) in [6.07, 6.45) is 0.890. The highest BCUT2D eigenvalue weighted by Crippen LogP contribution is 2.18. The van der Waals surface area contributed by atoms with Gasteiger partial charge >= 0.3 is 0 Å². The Kier molecular flexibility index (Phi) is 7.64. The third kappa shape index (κ3) is 5.97. The number of aromatic nitrogens is 2. The zero-order chi connectivity index (χ0) is 16.8. The molecule has 1 saturated heterocycles.